The van der Waals surface area contributed by atoms with Crippen LogP contribution in [0.2, 0.25) is 0 Å². The minimum Gasteiger partial charge on any atom is -0.393 e. The molecular formula is C12H24O. The van der Waals surface area contributed by atoms with Gasteiger partial charge in [0.1, 0.15) is 0 Å². The summed E-state index contributed by atoms with van der Waals surface area (Å²) < 4.78 is 0. The van der Waals surface area contributed by atoms with Crippen molar-refractivity contribution in [1.29, 1.82) is 0 Å². The van der Waals surface area contributed by atoms with Crippen molar-refractivity contribution in [3.8, 4) is 0 Å². The first-order valence-corrected chi connectivity index (χ1v) is 5.92. The van der Waals surface area contributed by atoms with Gasteiger partial charge in [-0.25, -0.2) is 0 Å². The van der Waals surface area contributed by atoms with Crippen molar-refractivity contribution in [2.24, 2.45) is 11.8 Å². The second kappa shape index (κ2) is 5.64. The van der Waals surface area contributed by atoms with Crippen molar-refractivity contribution in [1.82, 2.24) is 0 Å². The Balaban J connectivity index is 2.27. The third kappa shape index (κ3) is 3.68. The van der Waals surface area contributed by atoms with Gasteiger partial charge in [-0.3, -0.25) is 0 Å². The maximum atomic E-state index is 9.54. The Morgan fingerprint density at radius 3 is 2.31 bits per heavy atom. The monoisotopic (exact) mass is 184 g/mol. The molecule has 0 bridgehead atoms. The van der Waals surface area contributed by atoms with Crippen molar-refractivity contribution >= 4 is 0 Å². The fourth-order valence-electron chi connectivity index (χ4n) is 2.56. The van der Waals surface area contributed by atoms with Gasteiger partial charge in [-0.1, -0.05) is 45.4 Å². The van der Waals surface area contributed by atoms with Crippen LogP contribution in [0.15, 0.2) is 0 Å². The van der Waals surface area contributed by atoms with Crippen LogP contribution in [-0.4, -0.2) is 11.2 Å². The zero-order chi connectivity index (χ0) is 9.68. The lowest BCUT2D eigenvalue weighted by Gasteiger charge is -2.27. The SMILES string of the molecule is CCC(CC1CCCCC1)C(C)O. The van der Waals surface area contributed by atoms with E-state index in [1.54, 1.807) is 0 Å². The van der Waals surface area contributed by atoms with E-state index >= 15 is 0 Å². The van der Waals surface area contributed by atoms with Crippen LogP contribution in [0, 0.1) is 11.8 Å². The average Bonchev–Trinajstić information content (AvgIpc) is 2.15. The molecule has 2 unspecified atom stereocenters. The molecule has 0 spiro atoms. The number of aliphatic hydroxyl groups is 1. The maximum absolute atomic E-state index is 9.54. The summed E-state index contributed by atoms with van der Waals surface area (Å²) in [4.78, 5) is 0. The molecule has 0 amide bonds. The first-order valence-electron chi connectivity index (χ1n) is 5.92. The lowest BCUT2D eigenvalue weighted by atomic mass is 9.80. The molecular weight excluding hydrogens is 160 g/mol. The maximum Gasteiger partial charge on any atom is 0.0540 e. The van der Waals surface area contributed by atoms with E-state index in [0.717, 1.165) is 12.3 Å². The van der Waals surface area contributed by atoms with E-state index in [1.807, 2.05) is 6.92 Å². The third-order valence-corrected chi connectivity index (χ3v) is 3.57. The summed E-state index contributed by atoms with van der Waals surface area (Å²) in [6.07, 6.45) is 9.37. The summed E-state index contributed by atoms with van der Waals surface area (Å²) in [5.41, 5.74) is 0. The molecule has 0 heterocycles. The van der Waals surface area contributed by atoms with Crippen molar-refractivity contribution < 1.29 is 5.11 Å². The highest BCUT2D eigenvalue weighted by molar-refractivity contribution is 4.72. The highest BCUT2D eigenvalue weighted by atomic mass is 16.3. The van der Waals surface area contributed by atoms with Crippen LogP contribution in [0.25, 0.3) is 0 Å². The molecule has 2 atom stereocenters. The highest BCUT2D eigenvalue weighted by Gasteiger charge is 2.20. The van der Waals surface area contributed by atoms with E-state index in [-0.39, 0.29) is 6.10 Å². The van der Waals surface area contributed by atoms with E-state index in [1.165, 1.54) is 38.5 Å². The molecule has 1 fully saturated rings. The topological polar surface area (TPSA) is 20.2 Å². The molecule has 1 saturated carbocycles. The molecule has 0 aromatic rings. The Kier molecular flexibility index (Phi) is 4.79. The Hall–Kier alpha value is -0.0400. The summed E-state index contributed by atoms with van der Waals surface area (Å²) in [6.45, 7) is 4.14. The Morgan fingerprint density at radius 2 is 1.85 bits per heavy atom. The van der Waals surface area contributed by atoms with E-state index in [0.29, 0.717) is 5.92 Å². The smallest absolute Gasteiger partial charge is 0.0540 e. The first kappa shape index (κ1) is 11.0. The van der Waals surface area contributed by atoms with Crippen molar-refractivity contribution in [2.75, 3.05) is 0 Å². The second-order valence-electron chi connectivity index (χ2n) is 4.65. The van der Waals surface area contributed by atoms with Gasteiger partial charge in [0, 0.05) is 0 Å². The predicted molar refractivity (Wildman–Crippen MR) is 56.7 cm³/mol. The van der Waals surface area contributed by atoms with Crippen molar-refractivity contribution in [2.45, 2.75) is 64.9 Å². The third-order valence-electron chi connectivity index (χ3n) is 3.57. The summed E-state index contributed by atoms with van der Waals surface area (Å²) >= 11 is 0. The van der Waals surface area contributed by atoms with Crippen molar-refractivity contribution in [3.63, 3.8) is 0 Å². The van der Waals surface area contributed by atoms with E-state index in [2.05, 4.69) is 6.92 Å². The molecule has 1 rings (SSSR count). The zero-order valence-electron chi connectivity index (χ0n) is 9.13. The molecule has 0 aromatic heterocycles. The van der Waals surface area contributed by atoms with Crippen molar-refractivity contribution in [3.05, 3.63) is 0 Å². The molecule has 78 valence electrons. The van der Waals surface area contributed by atoms with Crippen LogP contribution < -0.4 is 0 Å². The molecule has 1 heteroatoms. The van der Waals surface area contributed by atoms with Crippen LogP contribution in [0.5, 0.6) is 0 Å². The van der Waals surface area contributed by atoms with Crippen LogP contribution in [0.4, 0.5) is 0 Å². The molecule has 0 aromatic carbocycles. The Labute approximate surface area is 82.5 Å². The lowest BCUT2D eigenvalue weighted by Crippen LogP contribution is -2.20. The summed E-state index contributed by atoms with van der Waals surface area (Å²) in [6, 6.07) is 0. The predicted octanol–water partition coefficient (Wildman–Crippen LogP) is 3.36. The highest BCUT2D eigenvalue weighted by Crippen LogP contribution is 2.31. The van der Waals surface area contributed by atoms with Gasteiger partial charge in [-0.2, -0.15) is 0 Å². The van der Waals surface area contributed by atoms with E-state index < -0.39 is 0 Å². The summed E-state index contributed by atoms with van der Waals surface area (Å²) in [7, 11) is 0. The first-order chi connectivity index (χ1) is 6.24. The number of aliphatic hydroxyl groups excluding tert-OH is 1. The number of rotatable bonds is 4. The van der Waals surface area contributed by atoms with Gasteiger partial charge < -0.3 is 5.11 Å². The number of hydrogen-bond donors (Lipinski definition) is 1. The van der Waals surface area contributed by atoms with Gasteiger partial charge >= 0.3 is 0 Å². The fourth-order valence-corrected chi connectivity index (χ4v) is 2.56. The van der Waals surface area contributed by atoms with Gasteiger partial charge in [0.25, 0.3) is 0 Å². The molecule has 0 aliphatic heterocycles. The summed E-state index contributed by atoms with van der Waals surface area (Å²) in [5.74, 6) is 1.45. The van der Waals surface area contributed by atoms with Gasteiger partial charge in [0.15, 0.2) is 0 Å². The van der Waals surface area contributed by atoms with E-state index in [9.17, 15) is 5.11 Å². The van der Waals surface area contributed by atoms with Gasteiger partial charge in [0.05, 0.1) is 6.10 Å². The van der Waals surface area contributed by atoms with E-state index in [4.69, 9.17) is 0 Å². The second-order valence-corrected chi connectivity index (χ2v) is 4.65. The normalized spacial score (nSPS) is 24.2. The minimum absolute atomic E-state index is 0.105. The van der Waals surface area contributed by atoms with Crippen LogP contribution in [-0.2, 0) is 0 Å². The quantitative estimate of drug-likeness (QED) is 0.710. The minimum atomic E-state index is -0.105. The zero-order valence-corrected chi connectivity index (χ0v) is 9.13. The van der Waals surface area contributed by atoms with Gasteiger partial charge in [0.2, 0.25) is 0 Å². The number of hydrogen-bond acceptors (Lipinski definition) is 1. The Bertz CT molecular complexity index is 125. The van der Waals surface area contributed by atoms with Gasteiger partial charge in [-0.15, -0.1) is 0 Å². The van der Waals surface area contributed by atoms with Gasteiger partial charge in [-0.05, 0) is 25.2 Å². The molecule has 1 nitrogen and oxygen atoms in total. The molecule has 0 saturated heterocycles. The fraction of sp³-hybridized carbons (Fsp3) is 1.00. The molecule has 0 radical (unpaired) electrons. The average molecular weight is 184 g/mol. The van der Waals surface area contributed by atoms with Crippen LogP contribution in [0.3, 0.4) is 0 Å². The Morgan fingerprint density at radius 1 is 1.23 bits per heavy atom. The molecule has 13 heavy (non-hydrogen) atoms. The van der Waals surface area contributed by atoms with Crippen LogP contribution >= 0.6 is 0 Å². The van der Waals surface area contributed by atoms with Crippen LogP contribution in [0.1, 0.15) is 58.8 Å². The molecule has 1 N–H and O–H groups in total. The standard InChI is InChI=1S/C12H24O/c1-3-12(10(2)13)9-11-7-5-4-6-8-11/h10-13H,3-9H2,1-2H3. The largest absolute Gasteiger partial charge is 0.393 e. The molecule has 1 aliphatic rings. The molecule has 1 aliphatic carbocycles. The lowest BCUT2D eigenvalue weighted by molar-refractivity contribution is 0.0999. The summed E-state index contributed by atoms with van der Waals surface area (Å²) in [5, 5.41) is 9.54.